The smallest absolute Gasteiger partial charge is 0.251 e. The van der Waals surface area contributed by atoms with Crippen LogP contribution in [0.4, 0.5) is 0 Å². The van der Waals surface area contributed by atoms with E-state index in [1.54, 1.807) is 30.4 Å². The van der Waals surface area contributed by atoms with Crippen LogP contribution in [-0.2, 0) is 16.6 Å². The average Bonchev–Trinajstić information content (AvgIpc) is 3.07. The number of rotatable bonds is 6. The Kier molecular flexibility index (Phi) is 6.37. The van der Waals surface area contributed by atoms with Crippen LogP contribution in [0.15, 0.2) is 41.8 Å². The standard InChI is InChI=1S/C20H26N2O2S/c1-14(18(23)21-12-11-17-6-5-13-25-17)22-19(24)15-7-9-16(10-8-15)20(2,3)4/h5-10,13-14H,11-12H2,1-4H3,(H,21,23)(H,22,24). The van der Waals surface area contributed by atoms with Gasteiger partial charge in [0, 0.05) is 17.0 Å². The molecule has 0 saturated carbocycles. The third kappa shape index (κ3) is 5.71. The molecular weight excluding hydrogens is 332 g/mol. The molecule has 2 amide bonds. The van der Waals surface area contributed by atoms with Gasteiger partial charge in [-0.3, -0.25) is 9.59 Å². The lowest BCUT2D eigenvalue weighted by molar-refractivity contribution is -0.122. The van der Waals surface area contributed by atoms with Gasteiger partial charge in [0.1, 0.15) is 6.04 Å². The number of benzene rings is 1. The van der Waals surface area contributed by atoms with Crippen molar-refractivity contribution in [3.8, 4) is 0 Å². The molecule has 1 aromatic carbocycles. The molecule has 1 heterocycles. The van der Waals surface area contributed by atoms with E-state index >= 15 is 0 Å². The maximum atomic E-state index is 12.3. The molecule has 5 heteroatoms. The van der Waals surface area contributed by atoms with E-state index in [4.69, 9.17) is 0 Å². The molecule has 25 heavy (non-hydrogen) atoms. The number of hydrogen-bond donors (Lipinski definition) is 2. The van der Waals surface area contributed by atoms with E-state index < -0.39 is 6.04 Å². The monoisotopic (exact) mass is 358 g/mol. The molecule has 0 spiro atoms. The first-order valence-corrected chi connectivity index (χ1v) is 9.37. The summed E-state index contributed by atoms with van der Waals surface area (Å²) in [6, 6.07) is 11.0. The first-order valence-electron chi connectivity index (χ1n) is 8.49. The van der Waals surface area contributed by atoms with Crippen molar-refractivity contribution in [1.29, 1.82) is 0 Å². The van der Waals surface area contributed by atoms with Crippen molar-refractivity contribution in [1.82, 2.24) is 10.6 Å². The quantitative estimate of drug-likeness (QED) is 0.830. The van der Waals surface area contributed by atoms with E-state index in [0.717, 1.165) is 6.42 Å². The normalized spacial score (nSPS) is 12.5. The van der Waals surface area contributed by atoms with Gasteiger partial charge in [-0.2, -0.15) is 0 Å². The minimum atomic E-state index is -0.571. The van der Waals surface area contributed by atoms with E-state index in [9.17, 15) is 9.59 Å². The molecule has 0 aliphatic carbocycles. The van der Waals surface area contributed by atoms with Gasteiger partial charge in [-0.15, -0.1) is 11.3 Å². The van der Waals surface area contributed by atoms with Crippen LogP contribution in [0.2, 0.25) is 0 Å². The molecule has 4 nitrogen and oxygen atoms in total. The largest absolute Gasteiger partial charge is 0.354 e. The highest BCUT2D eigenvalue weighted by Crippen LogP contribution is 2.22. The molecule has 2 rings (SSSR count). The summed E-state index contributed by atoms with van der Waals surface area (Å²) in [6.07, 6.45) is 0.804. The molecule has 0 aliphatic heterocycles. The maximum Gasteiger partial charge on any atom is 0.251 e. The SMILES string of the molecule is CC(NC(=O)c1ccc(C(C)(C)C)cc1)C(=O)NCCc1cccs1. The minimum Gasteiger partial charge on any atom is -0.354 e. The maximum absolute atomic E-state index is 12.3. The van der Waals surface area contributed by atoms with Gasteiger partial charge in [-0.05, 0) is 47.9 Å². The van der Waals surface area contributed by atoms with Crippen LogP contribution in [-0.4, -0.2) is 24.4 Å². The van der Waals surface area contributed by atoms with Crippen LogP contribution in [0.25, 0.3) is 0 Å². The van der Waals surface area contributed by atoms with Crippen LogP contribution in [0, 0.1) is 0 Å². The van der Waals surface area contributed by atoms with Gasteiger partial charge < -0.3 is 10.6 Å². The second kappa shape index (κ2) is 8.30. The van der Waals surface area contributed by atoms with Gasteiger partial charge in [0.15, 0.2) is 0 Å². The molecule has 0 fully saturated rings. The summed E-state index contributed by atoms with van der Waals surface area (Å²) in [6.45, 7) is 8.65. The van der Waals surface area contributed by atoms with Crippen molar-refractivity contribution in [3.63, 3.8) is 0 Å². The highest BCUT2D eigenvalue weighted by atomic mass is 32.1. The lowest BCUT2D eigenvalue weighted by Gasteiger charge is -2.19. The molecule has 0 radical (unpaired) electrons. The number of amides is 2. The van der Waals surface area contributed by atoms with Crippen LogP contribution >= 0.6 is 11.3 Å². The van der Waals surface area contributed by atoms with Crippen LogP contribution < -0.4 is 10.6 Å². The molecule has 1 unspecified atom stereocenters. The zero-order valence-electron chi connectivity index (χ0n) is 15.3. The Morgan fingerprint density at radius 3 is 2.36 bits per heavy atom. The van der Waals surface area contributed by atoms with E-state index in [-0.39, 0.29) is 17.2 Å². The summed E-state index contributed by atoms with van der Waals surface area (Å²) < 4.78 is 0. The van der Waals surface area contributed by atoms with Crippen LogP contribution in [0.5, 0.6) is 0 Å². The van der Waals surface area contributed by atoms with Gasteiger partial charge in [0.05, 0.1) is 0 Å². The van der Waals surface area contributed by atoms with Crippen molar-refractivity contribution in [3.05, 3.63) is 57.8 Å². The topological polar surface area (TPSA) is 58.2 Å². The molecule has 1 atom stereocenters. The molecule has 0 saturated heterocycles. The Bertz CT molecular complexity index is 700. The first-order chi connectivity index (χ1) is 11.8. The Morgan fingerprint density at radius 1 is 1.12 bits per heavy atom. The molecule has 134 valence electrons. The van der Waals surface area contributed by atoms with Crippen molar-refractivity contribution >= 4 is 23.2 Å². The molecule has 2 aromatic rings. The number of carbonyl (C=O) groups excluding carboxylic acids is 2. The number of carbonyl (C=O) groups is 2. The van der Waals surface area contributed by atoms with Gasteiger partial charge in [-0.1, -0.05) is 39.0 Å². The summed E-state index contributed by atoms with van der Waals surface area (Å²) in [5.74, 6) is -0.405. The fourth-order valence-electron chi connectivity index (χ4n) is 2.38. The lowest BCUT2D eigenvalue weighted by atomic mass is 9.86. The first kappa shape index (κ1) is 19.2. The zero-order chi connectivity index (χ0) is 18.4. The predicted molar refractivity (Wildman–Crippen MR) is 103 cm³/mol. The third-order valence-electron chi connectivity index (χ3n) is 4.00. The summed E-state index contributed by atoms with van der Waals surface area (Å²) in [5, 5.41) is 7.63. The molecule has 1 aromatic heterocycles. The fourth-order valence-corrected chi connectivity index (χ4v) is 3.09. The summed E-state index contributed by atoms with van der Waals surface area (Å²) in [5.41, 5.74) is 1.78. The van der Waals surface area contributed by atoms with Crippen molar-refractivity contribution in [2.24, 2.45) is 0 Å². The third-order valence-corrected chi connectivity index (χ3v) is 4.94. The molecular formula is C20H26N2O2S. The van der Waals surface area contributed by atoms with Crippen LogP contribution in [0.3, 0.4) is 0 Å². The number of nitrogens with one attached hydrogen (secondary N) is 2. The second-order valence-electron chi connectivity index (χ2n) is 7.14. The van der Waals surface area contributed by atoms with Crippen molar-refractivity contribution in [2.45, 2.75) is 45.6 Å². The number of thiophene rings is 1. The Balaban J connectivity index is 1.83. The molecule has 0 bridgehead atoms. The van der Waals surface area contributed by atoms with E-state index in [2.05, 4.69) is 31.4 Å². The van der Waals surface area contributed by atoms with E-state index in [1.165, 1.54) is 10.4 Å². The van der Waals surface area contributed by atoms with Crippen molar-refractivity contribution < 1.29 is 9.59 Å². The van der Waals surface area contributed by atoms with Gasteiger partial charge >= 0.3 is 0 Å². The summed E-state index contributed by atoms with van der Waals surface area (Å²) >= 11 is 1.67. The highest BCUT2D eigenvalue weighted by Gasteiger charge is 2.18. The van der Waals surface area contributed by atoms with Crippen LogP contribution in [0.1, 0.15) is 48.5 Å². The second-order valence-corrected chi connectivity index (χ2v) is 8.18. The summed E-state index contributed by atoms with van der Waals surface area (Å²) in [4.78, 5) is 25.6. The summed E-state index contributed by atoms with van der Waals surface area (Å²) in [7, 11) is 0. The highest BCUT2D eigenvalue weighted by molar-refractivity contribution is 7.09. The van der Waals surface area contributed by atoms with Crippen molar-refractivity contribution in [2.75, 3.05) is 6.54 Å². The molecule has 2 N–H and O–H groups in total. The minimum absolute atomic E-state index is 0.0464. The molecule has 0 aliphatic rings. The van der Waals surface area contributed by atoms with E-state index in [0.29, 0.717) is 12.1 Å². The fraction of sp³-hybridized carbons (Fsp3) is 0.400. The van der Waals surface area contributed by atoms with Gasteiger partial charge in [-0.25, -0.2) is 0 Å². The lowest BCUT2D eigenvalue weighted by Crippen LogP contribution is -2.45. The predicted octanol–water partition coefficient (Wildman–Crippen LogP) is 3.52. The van der Waals surface area contributed by atoms with E-state index in [1.807, 2.05) is 29.6 Å². The van der Waals surface area contributed by atoms with Gasteiger partial charge in [0.25, 0.3) is 5.91 Å². The Morgan fingerprint density at radius 2 is 1.80 bits per heavy atom. The van der Waals surface area contributed by atoms with Gasteiger partial charge in [0.2, 0.25) is 5.91 Å². The Labute approximate surface area is 153 Å². The zero-order valence-corrected chi connectivity index (χ0v) is 16.1. The average molecular weight is 359 g/mol. The number of hydrogen-bond acceptors (Lipinski definition) is 3. The Hall–Kier alpha value is -2.14.